The lowest BCUT2D eigenvalue weighted by molar-refractivity contribution is 0.519. The lowest BCUT2D eigenvalue weighted by Gasteiger charge is -2.04. The molecule has 0 aliphatic carbocycles. The molecule has 0 saturated heterocycles. The summed E-state index contributed by atoms with van der Waals surface area (Å²) in [5.74, 6) is 6.24. The average molecular weight is 403 g/mol. The second-order valence-electron chi connectivity index (χ2n) is 8.99. The third kappa shape index (κ3) is 27.6. The van der Waals surface area contributed by atoms with E-state index >= 15 is 0 Å². The van der Waals surface area contributed by atoms with E-state index in [1.165, 1.54) is 141 Å². The summed E-state index contributed by atoms with van der Waals surface area (Å²) in [5, 5.41) is 0. The lowest BCUT2D eigenvalue weighted by atomic mass is 10.0. The number of hydrogen-bond acceptors (Lipinski definition) is 0. The van der Waals surface area contributed by atoms with Gasteiger partial charge in [-0.3, -0.25) is 0 Å². The monoisotopic (exact) mass is 402 g/mol. The van der Waals surface area contributed by atoms with Crippen LogP contribution < -0.4 is 0 Å². The summed E-state index contributed by atoms with van der Waals surface area (Å²) in [6, 6.07) is 0. The van der Waals surface area contributed by atoms with Gasteiger partial charge in [0.05, 0.1) is 0 Å². The summed E-state index contributed by atoms with van der Waals surface area (Å²) in [7, 11) is 0. The smallest absolute Gasteiger partial charge is 0.00890 e. The third-order valence-corrected chi connectivity index (χ3v) is 6.05. The normalized spacial score (nSPS) is 10.8. The molecule has 170 valence electrons. The van der Waals surface area contributed by atoms with Gasteiger partial charge in [0.2, 0.25) is 0 Å². The van der Waals surface area contributed by atoms with Crippen LogP contribution in [0, 0.1) is 25.7 Å². The minimum atomic E-state index is 0.762. The molecule has 0 aliphatic rings. The summed E-state index contributed by atoms with van der Waals surface area (Å²) >= 11 is 0. The van der Waals surface area contributed by atoms with Gasteiger partial charge in [0.25, 0.3) is 0 Å². The maximum absolute atomic E-state index is 3.91. The van der Waals surface area contributed by atoms with Crippen LogP contribution in [0.4, 0.5) is 0 Å². The lowest BCUT2D eigenvalue weighted by Crippen LogP contribution is -1.84. The number of hydrogen-bond donors (Lipinski definition) is 0. The summed E-state index contributed by atoms with van der Waals surface area (Å²) in [4.78, 5) is 0. The molecule has 0 heteroatoms. The fraction of sp³-hybridized carbons (Fsp3) is 0.862. The zero-order chi connectivity index (χ0) is 21.1. The van der Waals surface area contributed by atoms with Crippen LogP contribution in [0.25, 0.3) is 0 Å². The highest BCUT2D eigenvalue weighted by Gasteiger charge is 1.95. The Balaban J connectivity index is 3.00. The molecule has 0 fully saturated rings. The number of rotatable bonds is 23. The molecule has 0 nitrogen and oxygen atoms in total. The second-order valence-corrected chi connectivity index (χ2v) is 8.99. The molecule has 0 aliphatic heterocycles. The summed E-state index contributed by atoms with van der Waals surface area (Å²) in [6.45, 7) is 7.65. The molecule has 0 saturated carbocycles. The molecule has 0 aromatic heterocycles. The molecule has 0 bridgehead atoms. The highest BCUT2D eigenvalue weighted by atomic mass is 14.0. The summed E-state index contributed by atoms with van der Waals surface area (Å²) < 4.78 is 0. The molecule has 0 aromatic carbocycles. The van der Waals surface area contributed by atoms with Gasteiger partial charge in [-0.2, -0.15) is 0 Å². The molecule has 0 N–H and O–H groups in total. The van der Waals surface area contributed by atoms with Crippen LogP contribution in [0.3, 0.4) is 0 Å². The van der Waals surface area contributed by atoms with Gasteiger partial charge in [-0.15, -0.1) is 11.8 Å². The first-order valence-corrected chi connectivity index (χ1v) is 13.5. The Labute approximate surface area is 186 Å². The maximum atomic E-state index is 3.91. The Morgan fingerprint density at radius 3 is 0.862 bits per heavy atom. The van der Waals surface area contributed by atoms with Gasteiger partial charge in [0.15, 0.2) is 0 Å². The zero-order valence-corrected chi connectivity index (χ0v) is 20.1. The molecule has 0 heterocycles. The van der Waals surface area contributed by atoms with Crippen molar-refractivity contribution in [1.82, 2.24) is 0 Å². The largest absolute Gasteiger partial charge is 0.103 e. The van der Waals surface area contributed by atoms with Crippen LogP contribution in [-0.2, 0) is 0 Å². The van der Waals surface area contributed by atoms with Gasteiger partial charge in [0, 0.05) is 12.8 Å². The van der Waals surface area contributed by atoms with Crippen molar-refractivity contribution in [3.05, 3.63) is 13.8 Å². The molecular weight excluding hydrogens is 348 g/mol. The highest BCUT2D eigenvalue weighted by Crippen LogP contribution is 2.15. The van der Waals surface area contributed by atoms with Crippen molar-refractivity contribution in [2.45, 2.75) is 161 Å². The topological polar surface area (TPSA) is 0 Å². The fourth-order valence-electron chi connectivity index (χ4n) is 4.10. The first-order valence-electron chi connectivity index (χ1n) is 13.5. The molecule has 29 heavy (non-hydrogen) atoms. The first-order chi connectivity index (χ1) is 14.4. The summed E-state index contributed by atoms with van der Waals surface area (Å²) in [5.41, 5.74) is 0. The molecule has 0 atom stereocenters. The van der Waals surface area contributed by atoms with Crippen LogP contribution in [0.1, 0.15) is 161 Å². The minimum absolute atomic E-state index is 0.762. The predicted octanol–water partition coefficient (Wildman–Crippen LogP) is 10.4. The number of unbranched alkanes of at least 4 members (excludes halogenated alkanes) is 23. The van der Waals surface area contributed by atoms with Crippen molar-refractivity contribution in [2.75, 3.05) is 0 Å². The highest BCUT2D eigenvalue weighted by molar-refractivity contribution is 4.98. The fourth-order valence-corrected chi connectivity index (χ4v) is 4.10. The van der Waals surface area contributed by atoms with Crippen molar-refractivity contribution in [3.63, 3.8) is 0 Å². The van der Waals surface area contributed by atoms with E-state index in [1.807, 2.05) is 0 Å². The quantitative estimate of drug-likeness (QED) is 0.118. The van der Waals surface area contributed by atoms with Crippen molar-refractivity contribution in [3.8, 4) is 11.8 Å². The first kappa shape index (κ1) is 28.6. The van der Waals surface area contributed by atoms with Crippen LogP contribution in [0.5, 0.6) is 0 Å². The zero-order valence-electron chi connectivity index (χ0n) is 20.1. The van der Waals surface area contributed by atoms with Crippen molar-refractivity contribution in [2.24, 2.45) is 0 Å². The molecule has 0 rings (SSSR count). The SMILES string of the molecule is [CH2]CC#CCCCCCCCCCCCCCCCCCCCCCCCC[CH2]. The Hall–Kier alpha value is -0.440. The Kier molecular flexibility index (Phi) is 27.1. The molecule has 2 radical (unpaired) electrons. The van der Waals surface area contributed by atoms with E-state index in [4.69, 9.17) is 0 Å². The Morgan fingerprint density at radius 1 is 0.310 bits per heavy atom. The molecule has 0 unspecified atom stereocenters. The average Bonchev–Trinajstić information content (AvgIpc) is 2.74. The minimum Gasteiger partial charge on any atom is -0.103 e. The van der Waals surface area contributed by atoms with Crippen LogP contribution in [0.2, 0.25) is 0 Å². The molecule has 0 spiro atoms. The molecular formula is C29H54. The van der Waals surface area contributed by atoms with Gasteiger partial charge in [-0.05, 0) is 13.3 Å². The standard InChI is InChI=1S/C29H54/c1-3-5-7-9-11-13-15-17-19-21-23-25-27-29-28-26-24-22-20-18-16-14-12-10-8-6-4-2/h1-5,7,9-29H2. The van der Waals surface area contributed by atoms with E-state index in [9.17, 15) is 0 Å². The Bertz CT molecular complexity index is 332. The maximum Gasteiger partial charge on any atom is 0.00890 e. The van der Waals surface area contributed by atoms with Gasteiger partial charge >= 0.3 is 0 Å². The molecule has 0 aromatic rings. The Morgan fingerprint density at radius 2 is 0.586 bits per heavy atom. The van der Waals surface area contributed by atoms with Crippen LogP contribution >= 0.6 is 0 Å². The van der Waals surface area contributed by atoms with Crippen molar-refractivity contribution >= 4 is 0 Å². The van der Waals surface area contributed by atoms with E-state index in [-0.39, 0.29) is 0 Å². The second kappa shape index (κ2) is 27.6. The van der Waals surface area contributed by atoms with E-state index in [0.29, 0.717) is 0 Å². The molecule has 0 amide bonds. The van der Waals surface area contributed by atoms with Crippen LogP contribution in [0.15, 0.2) is 0 Å². The van der Waals surface area contributed by atoms with Crippen molar-refractivity contribution < 1.29 is 0 Å². The third-order valence-electron chi connectivity index (χ3n) is 6.05. The van der Waals surface area contributed by atoms with Gasteiger partial charge in [0.1, 0.15) is 0 Å². The predicted molar refractivity (Wildman–Crippen MR) is 134 cm³/mol. The van der Waals surface area contributed by atoms with E-state index < -0.39 is 0 Å². The summed E-state index contributed by atoms with van der Waals surface area (Å²) in [6.07, 6.45) is 34.6. The van der Waals surface area contributed by atoms with Gasteiger partial charge in [-0.25, -0.2) is 0 Å². The van der Waals surface area contributed by atoms with E-state index in [0.717, 1.165) is 19.3 Å². The van der Waals surface area contributed by atoms with E-state index in [1.54, 1.807) is 0 Å². The van der Waals surface area contributed by atoms with Gasteiger partial charge < -0.3 is 0 Å². The van der Waals surface area contributed by atoms with Gasteiger partial charge in [-0.1, -0.05) is 148 Å². The van der Waals surface area contributed by atoms with E-state index in [2.05, 4.69) is 25.7 Å². The van der Waals surface area contributed by atoms with Crippen LogP contribution in [-0.4, -0.2) is 0 Å². The van der Waals surface area contributed by atoms with Crippen molar-refractivity contribution in [1.29, 1.82) is 0 Å².